The highest BCUT2D eigenvalue weighted by Crippen LogP contribution is 2.47. The Kier molecular flexibility index (Phi) is 4.66. The molecule has 5 nitrogen and oxygen atoms in total. The lowest BCUT2D eigenvalue weighted by Crippen LogP contribution is -2.52. The first kappa shape index (κ1) is 19.0. The van der Waals surface area contributed by atoms with E-state index in [4.69, 9.17) is 4.74 Å². The number of halogens is 1. The van der Waals surface area contributed by atoms with Crippen LogP contribution in [-0.2, 0) is 16.9 Å². The van der Waals surface area contributed by atoms with Gasteiger partial charge in [0.2, 0.25) is 0 Å². The van der Waals surface area contributed by atoms with Crippen molar-refractivity contribution in [1.82, 2.24) is 9.88 Å². The number of ether oxygens (including phenoxy) is 1. The third kappa shape index (κ3) is 3.31. The average molecular weight is 406 g/mol. The van der Waals surface area contributed by atoms with Gasteiger partial charge in [-0.15, -0.1) is 0 Å². The van der Waals surface area contributed by atoms with Crippen molar-refractivity contribution >= 4 is 17.0 Å². The van der Waals surface area contributed by atoms with Crippen LogP contribution in [0, 0.1) is 5.82 Å². The molecule has 154 valence electrons. The Morgan fingerprint density at radius 1 is 1.13 bits per heavy atom. The highest BCUT2D eigenvalue weighted by molar-refractivity contribution is 5.79. The van der Waals surface area contributed by atoms with Gasteiger partial charge in [-0.2, -0.15) is 0 Å². The van der Waals surface area contributed by atoms with Gasteiger partial charge >= 0.3 is 6.09 Å². The van der Waals surface area contributed by atoms with Crippen molar-refractivity contribution in [2.75, 3.05) is 0 Å². The minimum atomic E-state index is -1.31. The first-order valence-corrected chi connectivity index (χ1v) is 10.3. The van der Waals surface area contributed by atoms with Crippen molar-refractivity contribution in [3.05, 3.63) is 77.7 Å². The van der Waals surface area contributed by atoms with Crippen LogP contribution in [0.3, 0.4) is 0 Å². The van der Waals surface area contributed by atoms with Crippen LogP contribution in [0.25, 0.3) is 10.9 Å². The zero-order valence-electron chi connectivity index (χ0n) is 16.5. The highest BCUT2D eigenvalue weighted by atomic mass is 19.1. The summed E-state index contributed by atoms with van der Waals surface area (Å²) in [5.74, 6) is -0.455. The molecule has 2 aliphatic rings. The SMILES string of the molecule is O=C(OCc1ccccc1)N1C2CCC1CC(O)(c1cc3cccnc3cc1F)C2. The zero-order valence-corrected chi connectivity index (χ0v) is 16.5. The summed E-state index contributed by atoms with van der Waals surface area (Å²) in [5, 5.41) is 12.2. The van der Waals surface area contributed by atoms with Crippen molar-refractivity contribution in [3.63, 3.8) is 0 Å². The zero-order chi connectivity index (χ0) is 20.7. The van der Waals surface area contributed by atoms with Crippen molar-refractivity contribution < 1.29 is 19.0 Å². The number of nitrogens with zero attached hydrogens (tertiary/aromatic N) is 2. The van der Waals surface area contributed by atoms with Gasteiger partial charge in [0.1, 0.15) is 12.4 Å². The lowest BCUT2D eigenvalue weighted by atomic mass is 9.80. The predicted octanol–water partition coefficient (Wildman–Crippen LogP) is 4.53. The normalized spacial score (nSPS) is 25.5. The second kappa shape index (κ2) is 7.36. The van der Waals surface area contributed by atoms with E-state index in [0.29, 0.717) is 18.4 Å². The fourth-order valence-electron chi connectivity index (χ4n) is 4.99. The first-order chi connectivity index (χ1) is 14.5. The van der Waals surface area contributed by atoms with E-state index in [0.717, 1.165) is 23.8 Å². The van der Waals surface area contributed by atoms with Crippen molar-refractivity contribution in [2.24, 2.45) is 0 Å². The van der Waals surface area contributed by atoms with Gasteiger partial charge in [0.05, 0.1) is 11.1 Å². The van der Waals surface area contributed by atoms with Gasteiger partial charge in [-0.05, 0) is 30.5 Å². The molecule has 5 rings (SSSR count). The van der Waals surface area contributed by atoms with E-state index >= 15 is 0 Å². The van der Waals surface area contributed by atoms with Gasteiger partial charge in [0, 0.05) is 48.1 Å². The van der Waals surface area contributed by atoms with Crippen molar-refractivity contribution in [3.8, 4) is 0 Å². The number of amides is 1. The molecule has 2 aromatic carbocycles. The molecule has 30 heavy (non-hydrogen) atoms. The molecule has 3 heterocycles. The number of rotatable bonds is 3. The molecule has 0 radical (unpaired) electrons. The molecule has 1 aromatic heterocycles. The summed E-state index contributed by atoms with van der Waals surface area (Å²) in [5.41, 5.74) is 0.471. The summed E-state index contributed by atoms with van der Waals surface area (Å²) in [7, 11) is 0. The topological polar surface area (TPSA) is 62.7 Å². The second-order valence-electron chi connectivity index (χ2n) is 8.30. The molecule has 3 aromatic rings. The number of hydrogen-bond donors (Lipinski definition) is 1. The largest absolute Gasteiger partial charge is 0.445 e. The molecule has 2 aliphatic heterocycles. The smallest absolute Gasteiger partial charge is 0.410 e. The number of fused-ring (bicyclic) bond motifs is 3. The number of carbonyl (C=O) groups excluding carboxylic acids is 1. The maximum Gasteiger partial charge on any atom is 0.410 e. The number of aromatic nitrogens is 1. The Morgan fingerprint density at radius 3 is 2.60 bits per heavy atom. The summed E-state index contributed by atoms with van der Waals surface area (Å²) in [4.78, 5) is 18.7. The van der Waals surface area contributed by atoms with E-state index < -0.39 is 11.4 Å². The van der Waals surface area contributed by atoms with E-state index in [2.05, 4.69) is 4.98 Å². The second-order valence-corrected chi connectivity index (χ2v) is 8.30. The van der Waals surface area contributed by atoms with Crippen LogP contribution in [0.2, 0.25) is 0 Å². The number of carbonyl (C=O) groups is 1. The summed E-state index contributed by atoms with van der Waals surface area (Å²) >= 11 is 0. The molecule has 0 spiro atoms. The maximum absolute atomic E-state index is 14.9. The van der Waals surface area contributed by atoms with Gasteiger partial charge in [-0.25, -0.2) is 9.18 Å². The predicted molar refractivity (Wildman–Crippen MR) is 110 cm³/mol. The number of aliphatic hydroxyl groups is 1. The van der Waals surface area contributed by atoms with Gasteiger partial charge < -0.3 is 14.7 Å². The molecule has 0 saturated carbocycles. The first-order valence-electron chi connectivity index (χ1n) is 10.3. The summed E-state index contributed by atoms with van der Waals surface area (Å²) in [6, 6.07) is 15.9. The quantitative estimate of drug-likeness (QED) is 0.694. The van der Waals surface area contributed by atoms with E-state index in [9.17, 15) is 14.3 Å². The van der Waals surface area contributed by atoms with Crippen LogP contribution in [0.5, 0.6) is 0 Å². The minimum Gasteiger partial charge on any atom is -0.445 e. The molecule has 2 bridgehead atoms. The fourth-order valence-corrected chi connectivity index (χ4v) is 4.99. The number of hydrogen-bond acceptors (Lipinski definition) is 4. The monoisotopic (exact) mass is 406 g/mol. The minimum absolute atomic E-state index is 0.166. The molecule has 2 saturated heterocycles. The third-order valence-corrected chi connectivity index (χ3v) is 6.38. The van der Waals surface area contributed by atoms with Gasteiger partial charge in [0.15, 0.2) is 0 Å². The molecule has 2 atom stereocenters. The number of piperidine rings is 1. The summed E-state index contributed by atoms with van der Waals surface area (Å²) in [6.07, 6.45) is 3.42. The van der Waals surface area contributed by atoms with Crippen LogP contribution < -0.4 is 0 Å². The van der Waals surface area contributed by atoms with Crippen LogP contribution in [0.15, 0.2) is 60.8 Å². The van der Waals surface area contributed by atoms with Crippen LogP contribution in [0.1, 0.15) is 36.8 Å². The molecule has 2 unspecified atom stereocenters. The molecular weight excluding hydrogens is 383 g/mol. The third-order valence-electron chi connectivity index (χ3n) is 6.38. The van der Waals surface area contributed by atoms with E-state index in [1.54, 1.807) is 23.2 Å². The summed E-state index contributed by atoms with van der Waals surface area (Å²) in [6.45, 7) is 0.214. The molecule has 0 aliphatic carbocycles. The Morgan fingerprint density at radius 2 is 1.87 bits per heavy atom. The van der Waals surface area contributed by atoms with E-state index in [1.165, 1.54) is 6.07 Å². The highest BCUT2D eigenvalue weighted by Gasteiger charge is 2.51. The maximum atomic E-state index is 14.9. The van der Waals surface area contributed by atoms with Crippen LogP contribution in [-0.4, -0.2) is 33.2 Å². The van der Waals surface area contributed by atoms with Gasteiger partial charge in [-0.1, -0.05) is 36.4 Å². The van der Waals surface area contributed by atoms with Crippen LogP contribution >= 0.6 is 0 Å². The van der Waals surface area contributed by atoms with Gasteiger partial charge in [0.25, 0.3) is 0 Å². The van der Waals surface area contributed by atoms with E-state index in [1.807, 2.05) is 36.4 Å². The Hall–Kier alpha value is -2.99. The number of benzene rings is 2. The number of pyridine rings is 1. The van der Waals surface area contributed by atoms with Crippen molar-refractivity contribution in [2.45, 2.75) is 50.0 Å². The van der Waals surface area contributed by atoms with E-state index in [-0.39, 0.29) is 30.3 Å². The lowest BCUT2D eigenvalue weighted by Gasteiger charge is -2.43. The van der Waals surface area contributed by atoms with Crippen molar-refractivity contribution in [1.29, 1.82) is 0 Å². The standard InChI is InChI=1S/C24H23FN2O3/c25-21-12-22-17(7-4-10-26-22)11-20(21)24(29)13-18-8-9-19(14-24)27(18)23(28)30-15-16-5-2-1-3-6-16/h1-7,10-12,18-19,29H,8-9,13-15H2. The fraction of sp³-hybridized carbons (Fsp3) is 0.333. The Labute approximate surface area is 174 Å². The average Bonchev–Trinajstić information content (AvgIpc) is 3.04. The lowest BCUT2D eigenvalue weighted by molar-refractivity contribution is -0.0555. The Balaban J connectivity index is 1.36. The van der Waals surface area contributed by atoms with Gasteiger partial charge in [-0.3, -0.25) is 4.98 Å². The molecule has 1 N–H and O–H groups in total. The van der Waals surface area contributed by atoms with Crippen LogP contribution in [0.4, 0.5) is 9.18 Å². The molecular formula is C24H23FN2O3. The Bertz CT molecular complexity index is 1070. The molecule has 6 heteroatoms. The molecule has 1 amide bonds. The summed E-state index contributed by atoms with van der Waals surface area (Å²) < 4.78 is 20.4. The molecule has 2 fully saturated rings.